The van der Waals surface area contributed by atoms with Gasteiger partial charge in [-0.2, -0.15) is 0 Å². The Morgan fingerprint density at radius 2 is 1.35 bits per heavy atom. The number of Topliss-reactive ketones (excluding diaryl/α,β-unsaturated/α-hetero) is 2. The minimum atomic E-state index is -1.02. The molecule has 6 nitrogen and oxygen atoms in total. The molecule has 0 fully saturated rings. The molecule has 0 heterocycles. The standard InChI is InChI=1S/C28H29NO5/c1-18-5-10-22(17-19(18)2)29-26(31)16-15-25(30)27(20-6-11-23(33-3)12-7-20)28(32)21-8-13-24(34-4)14-9-21/h5-14,17,27H,15-16H2,1-4H3,(H,29,31)/t27-/m0/s1. The highest BCUT2D eigenvalue weighted by atomic mass is 16.5. The molecule has 0 bridgehead atoms. The Bertz CT molecular complexity index is 1170. The normalized spacial score (nSPS) is 11.4. The topological polar surface area (TPSA) is 81.7 Å². The Morgan fingerprint density at radius 3 is 1.91 bits per heavy atom. The molecule has 0 aliphatic heterocycles. The van der Waals surface area contributed by atoms with Gasteiger partial charge >= 0.3 is 0 Å². The summed E-state index contributed by atoms with van der Waals surface area (Å²) in [4.78, 5) is 39.1. The molecular weight excluding hydrogens is 430 g/mol. The van der Waals surface area contributed by atoms with E-state index in [1.807, 2.05) is 32.0 Å². The summed E-state index contributed by atoms with van der Waals surface area (Å²) in [5.74, 6) is -0.698. The fourth-order valence-electron chi connectivity index (χ4n) is 3.63. The predicted molar refractivity (Wildman–Crippen MR) is 132 cm³/mol. The van der Waals surface area contributed by atoms with Crippen molar-refractivity contribution in [2.75, 3.05) is 19.5 Å². The molecule has 0 aromatic heterocycles. The summed E-state index contributed by atoms with van der Waals surface area (Å²) in [6.45, 7) is 3.97. The van der Waals surface area contributed by atoms with Gasteiger partial charge in [-0.15, -0.1) is 0 Å². The number of nitrogens with one attached hydrogen (secondary N) is 1. The van der Waals surface area contributed by atoms with E-state index < -0.39 is 5.92 Å². The second kappa shape index (κ2) is 11.3. The van der Waals surface area contributed by atoms with Gasteiger partial charge in [0.1, 0.15) is 23.2 Å². The van der Waals surface area contributed by atoms with Crippen molar-refractivity contribution in [1.29, 1.82) is 0 Å². The van der Waals surface area contributed by atoms with E-state index in [9.17, 15) is 14.4 Å². The van der Waals surface area contributed by atoms with Gasteiger partial charge in [-0.3, -0.25) is 14.4 Å². The van der Waals surface area contributed by atoms with Crippen molar-refractivity contribution >= 4 is 23.2 Å². The molecule has 0 spiro atoms. The third-order valence-electron chi connectivity index (χ3n) is 5.80. The van der Waals surface area contributed by atoms with E-state index in [0.29, 0.717) is 28.3 Å². The van der Waals surface area contributed by atoms with E-state index in [0.717, 1.165) is 11.1 Å². The number of rotatable bonds is 10. The molecule has 1 N–H and O–H groups in total. The predicted octanol–water partition coefficient (Wildman–Crippen LogP) is 5.28. The maximum Gasteiger partial charge on any atom is 0.224 e. The van der Waals surface area contributed by atoms with Crippen molar-refractivity contribution in [2.45, 2.75) is 32.6 Å². The van der Waals surface area contributed by atoms with Crippen molar-refractivity contribution in [2.24, 2.45) is 0 Å². The summed E-state index contributed by atoms with van der Waals surface area (Å²) >= 11 is 0. The Labute approximate surface area is 199 Å². The SMILES string of the molecule is COc1ccc(C(=O)[C@H](C(=O)CCC(=O)Nc2ccc(C)c(C)c2)c2ccc(OC)cc2)cc1. The number of amides is 1. The van der Waals surface area contributed by atoms with Crippen LogP contribution in [0.15, 0.2) is 66.7 Å². The fraction of sp³-hybridized carbons (Fsp3) is 0.250. The van der Waals surface area contributed by atoms with Gasteiger partial charge in [-0.1, -0.05) is 18.2 Å². The van der Waals surface area contributed by atoms with Crippen LogP contribution in [0.2, 0.25) is 0 Å². The first-order valence-electron chi connectivity index (χ1n) is 11.0. The lowest BCUT2D eigenvalue weighted by atomic mass is 9.85. The Balaban J connectivity index is 1.77. The van der Waals surface area contributed by atoms with Crippen LogP contribution in [0.3, 0.4) is 0 Å². The first kappa shape index (κ1) is 24.7. The second-order valence-corrected chi connectivity index (χ2v) is 8.11. The van der Waals surface area contributed by atoms with Crippen molar-refractivity contribution in [3.8, 4) is 11.5 Å². The number of ether oxygens (including phenoxy) is 2. The summed E-state index contributed by atoms with van der Waals surface area (Å²) in [5.41, 5.74) is 3.84. The molecule has 3 aromatic rings. The lowest BCUT2D eigenvalue weighted by Gasteiger charge is -2.16. The highest BCUT2D eigenvalue weighted by Crippen LogP contribution is 2.27. The van der Waals surface area contributed by atoms with Crippen LogP contribution in [0.5, 0.6) is 11.5 Å². The quantitative estimate of drug-likeness (QED) is 0.330. The monoisotopic (exact) mass is 459 g/mol. The Hall–Kier alpha value is -3.93. The first-order chi connectivity index (χ1) is 16.3. The summed E-state index contributed by atoms with van der Waals surface area (Å²) in [7, 11) is 3.10. The van der Waals surface area contributed by atoms with Crippen molar-refractivity contribution < 1.29 is 23.9 Å². The van der Waals surface area contributed by atoms with Crippen LogP contribution < -0.4 is 14.8 Å². The number of benzene rings is 3. The number of carbonyl (C=O) groups excluding carboxylic acids is 3. The fourth-order valence-corrected chi connectivity index (χ4v) is 3.63. The van der Waals surface area contributed by atoms with Crippen molar-refractivity contribution in [3.05, 3.63) is 89.0 Å². The van der Waals surface area contributed by atoms with Gasteiger partial charge < -0.3 is 14.8 Å². The van der Waals surface area contributed by atoms with Crippen LogP contribution in [-0.4, -0.2) is 31.7 Å². The molecule has 0 radical (unpaired) electrons. The van der Waals surface area contributed by atoms with E-state index in [4.69, 9.17) is 9.47 Å². The summed E-state index contributed by atoms with van der Waals surface area (Å²) in [6.07, 6.45) is -0.0798. The van der Waals surface area contributed by atoms with Gasteiger partial charge in [0, 0.05) is 24.1 Å². The molecule has 3 rings (SSSR count). The van der Waals surface area contributed by atoms with Crippen LogP contribution in [-0.2, 0) is 9.59 Å². The number of carbonyl (C=O) groups is 3. The average Bonchev–Trinajstić information content (AvgIpc) is 2.85. The zero-order valence-electron chi connectivity index (χ0n) is 19.9. The number of anilines is 1. The lowest BCUT2D eigenvalue weighted by molar-refractivity contribution is -0.123. The van der Waals surface area contributed by atoms with Gasteiger partial charge in [0.05, 0.1) is 14.2 Å². The zero-order valence-corrected chi connectivity index (χ0v) is 19.9. The minimum absolute atomic E-state index is 0.0195. The van der Waals surface area contributed by atoms with Crippen LogP contribution in [0, 0.1) is 13.8 Å². The first-order valence-corrected chi connectivity index (χ1v) is 11.0. The van der Waals surface area contributed by atoms with Crippen molar-refractivity contribution in [1.82, 2.24) is 0 Å². The number of hydrogen-bond acceptors (Lipinski definition) is 5. The maximum absolute atomic E-state index is 13.4. The van der Waals surface area contributed by atoms with Crippen LogP contribution in [0.4, 0.5) is 5.69 Å². The molecule has 0 saturated heterocycles. The number of hydrogen-bond donors (Lipinski definition) is 1. The second-order valence-electron chi connectivity index (χ2n) is 8.11. The largest absolute Gasteiger partial charge is 0.497 e. The van der Waals surface area contributed by atoms with E-state index in [1.165, 1.54) is 0 Å². The highest BCUT2D eigenvalue weighted by molar-refractivity contribution is 6.15. The molecule has 176 valence electrons. The number of methoxy groups -OCH3 is 2. The molecule has 0 aliphatic carbocycles. The van der Waals surface area contributed by atoms with Gasteiger partial charge in [0.25, 0.3) is 0 Å². The van der Waals surface area contributed by atoms with Crippen LogP contribution in [0.1, 0.15) is 45.8 Å². The Morgan fingerprint density at radius 1 is 0.765 bits per heavy atom. The van der Waals surface area contributed by atoms with Gasteiger partial charge in [0.2, 0.25) is 5.91 Å². The van der Waals surface area contributed by atoms with Crippen molar-refractivity contribution in [3.63, 3.8) is 0 Å². The molecule has 34 heavy (non-hydrogen) atoms. The van der Waals surface area contributed by atoms with Gasteiger partial charge in [-0.25, -0.2) is 0 Å². The zero-order chi connectivity index (χ0) is 24.7. The molecule has 1 atom stereocenters. The molecule has 3 aromatic carbocycles. The molecule has 1 amide bonds. The smallest absolute Gasteiger partial charge is 0.224 e. The third kappa shape index (κ3) is 6.10. The molecule has 0 saturated carbocycles. The lowest BCUT2D eigenvalue weighted by Crippen LogP contribution is -2.24. The summed E-state index contributed by atoms with van der Waals surface area (Å²) in [6, 6.07) is 19.1. The van der Waals surface area contributed by atoms with E-state index in [-0.39, 0.29) is 30.3 Å². The highest BCUT2D eigenvalue weighted by Gasteiger charge is 2.29. The molecule has 0 aliphatic rings. The van der Waals surface area contributed by atoms with Crippen LogP contribution >= 0.6 is 0 Å². The average molecular weight is 460 g/mol. The van der Waals surface area contributed by atoms with Gasteiger partial charge in [0.15, 0.2) is 5.78 Å². The van der Waals surface area contributed by atoms with Gasteiger partial charge in [-0.05, 0) is 79.1 Å². The molecule has 0 unspecified atom stereocenters. The molecule has 6 heteroatoms. The Kier molecular flexibility index (Phi) is 8.19. The maximum atomic E-state index is 13.4. The minimum Gasteiger partial charge on any atom is -0.497 e. The number of aryl methyl sites for hydroxylation is 2. The summed E-state index contributed by atoms with van der Waals surface area (Å²) < 4.78 is 10.4. The van der Waals surface area contributed by atoms with E-state index in [1.54, 1.807) is 62.8 Å². The third-order valence-corrected chi connectivity index (χ3v) is 5.80. The number of ketones is 2. The summed E-state index contributed by atoms with van der Waals surface area (Å²) in [5, 5.41) is 2.83. The van der Waals surface area contributed by atoms with E-state index >= 15 is 0 Å². The molecular formula is C28H29NO5. The van der Waals surface area contributed by atoms with Crippen LogP contribution in [0.25, 0.3) is 0 Å². The van der Waals surface area contributed by atoms with E-state index in [2.05, 4.69) is 5.32 Å².